The molecule has 9 nitrogen and oxygen atoms in total. The van der Waals surface area contributed by atoms with Crippen molar-refractivity contribution in [2.45, 2.75) is 23.8 Å². The number of rotatable bonds is 5. The van der Waals surface area contributed by atoms with Crippen LogP contribution in [-0.4, -0.2) is 41.3 Å². The molecule has 1 aromatic heterocycles. The van der Waals surface area contributed by atoms with Gasteiger partial charge in [0, 0.05) is 12.6 Å². The number of benzene rings is 2. The molecule has 1 aliphatic heterocycles. The number of sulfonamides is 1. The van der Waals surface area contributed by atoms with E-state index in [9.17, 15) is 18.5 Å². The van der Waals surface area contributed by atoms with Gasteiger partial charge in [0.25, 0.3) is 5.69 Å². The van der Waals surface area contributed by atoms with Crippen LogP contribution in [0.4, 0.5) is 5.69 Å². The third-order valence-corrected chi connectivity index (χ3v) is 6.82. The van der Waals surface area contributed by atoms with Gasteiger partial charge in [0.15, 0.2) is 0 Å². The van der Waals surface area contributed by atoms with E-state index < -0.39 is 21.0 Å². The second kappa shape index (κ2) is 6.88. The van der Waals surface area contributed by atoms with Crippen LogP contribution < -0.4 is 4.74 Å². The van der Waals surface area contributed by atoms with Crippen LogP contribution in [0.25, 0.3) is 11.0 Å². The summed E-state index contributed by atoms with van der Waals surface area (Å²) in [5.41, 5.74) is 1.38. The molecule has 3 aromatic rings. The fourth-order valence-corrected chi connectivity index (χ4v) is 5.34. The van der Waals surface area contributed by atoms with E-state index >= 15 is 0 Å². The molecule has 1 saturated heterocycles. The zero-order chi connectivity index (χ0) is 19.9. The highest BCUT2D eigenvalue weighted by molar-refractivity contribution is 7.89. The standard InChI is InChI=1S/C18H18N4O5S/c1-27-16-11-12(22(23)24)8-9-17(16)28(25,26)21-10-4-7-15(21)18-19-13-5-2-3-6-14(13)20-18/h2-3,5-6,8-9,11,15H,4,7,10H2,1H3,(H,19,20). The Hall–Kier alpha value is -2.98. The molecular weight excluding hydrogens is 384 g/mol. The minimum atomic E-state index is -3.93. The summed E-state index contributed by atoms with van der Waals surface area (Å²) in [5.74, 6) is 0.535. The van der Waals surface area contributed by atoms with Gasteiger partial charge in [-0.15, -0.1) is 0 Å². The summed E-state index contributed by atoms with van der Waals surface area (Å²) in [7, 11) is -2.64. The summed E-state index contributed by atoms with van der Waals surface area (Å²) in [6.07, 6.45) is 1.32. The van der Waals surface area contributed by atoms with Crippen LogP contribution in [0.1, 0.15) is 24.7 Å². The molecule has 0 amide bonds. The van der Waals surface area contributed by atoms with E-state index in [0.29, 0.717) is 25.2 Å². The fourth-order valence-electron chi connectivity index (χ4n) is 3.54. The van der Waals surface area contributed by atoms with Crippen molar-refractivity contribution < 1.29 is 18.1 Å². The van der Waals surface area contributed by atoms with Crippen molar-refractivity contribution in [3.8, 4) is 5.75 Å². The number of aromatic amines is 1. The smallest absolute Gasteiger partial charge is 0.273 e. The Morgan fingerprint density at radius 2 is 2.07 bits per heavy atom. The summed E-state index contributed by atoms with van der Waals surface area (Å²) < 4.78 is 33.2. The molecule has 146 valence electrons. The number of H-pyrrole nitrogens is 1. The topological polar surface area (TPSA) is 118 Å². The van der Waals surface area contributed by atoms with Gasteiger partial charge in [-0.05, 0) is 31.0 Å². The van der Waals surface area contributed by atoms with E-state index in [0.717, 1.165) is 17.1 Å². The van der Waals surface area contributed by atoms with Crippen LogP contribution in [0.15, 0.2) is 47.4 Å². The van der Waals surface area contributed by atoms with Crippen molar-refractivity contribution in [3.63, 3.8) is 0 Å². The number of nitrogens with one attached hydrogen (secondary N) is 1. The quantitative estimate of drug-likeness (QED) is 0.518. The Morgan fingerprint density at radius 1 is 1.29 bits per heavy atom. The molecule has 0 saturated carbocycles. The largest absolute Gasteiger partial charge is 0.495 e. The number of ether oxygens (including phenoxy) is 1. The van der Waals surface area contributed by atoms with Gasteiger partial charge in [-0.1, -0.05) is 12.1 Å². The Labute approximate surface area is 161 Å². The number of methoxy groups -OCH3 is 1. The monoisotopic (exact) mass is 402 g/mol. The van der Waals surface area contributed by atoms with Crippen LogP contribution in [0, 0.1) is 10.1 Å². The summed E-state index contributed by atoms with van der Waals surface area (Å²) in [6.45, 7) is 0.337. The van der Waals surface area contributed by atoms with Crippen molar-refractivity contribution in [2.75, 3.05) is 13.7 Å². The molecule has 4 rings (SSSR count). The maximum Gasteiger partial charge on any atom is 0.273 e. The van der Waals surface area contributed by atoms with Gasteiger partial charge >= 0.3 is 0 Å². The SMILES string of the molecule is COc1cc([N+](=O)[O-])ccc1S(=O)(=O)N1CCCC1c1nc2ccccc2[nH]1. The molecule has 0 aliphatic carbocycles. The average Bonchev–Trinajstić information content (AvgIpc) is 3.34. The number of aromatic nitrogens is 2. The van der Waals surface area contributed by atoms with E-state index in [-0.39, 0.29) is 16.3 Å². The van der Waals surface area contributed by atoms with E-state index in [4.69, 9.17) is 4.74 Å². The third-order valence-electron chi connectivity index (χ3n) is 4.87. The summed E-state index contributed by atoms with van der Waals surface area (Å²) >= 11 is 0. The van der Waals surface area contributed by atoms with E-state index in [2.05, 4.69) is 9.97 Å². The molecule has 0 spiro atoms. The minimum Gasteiger partial charge on any atom is -0.495 e. The van der Waals surface area contributed by atoms with E-state index in [1.807, 2.05) is 24.3 Å². The highest BCUT2D eigenvalue weighted by Gasteiger charge is 2.39. The van der Waals surface area contributed by atoms with Gasteiger partial charge in [-0.25, -0.2) is 13.4 Å². The molecule has 1 N–H and O–H groups in total. The predicted molar refractivity (Wildman–Crippen MR) is 102 cm³/mol. The van der Waals surface area contributed by atoms with Gasteiger partial charge in [0.2, 0.25) is 10.0 Å². The maximum absolute atomic E-state index is 13.3. The van der Waals surface area contributed by atoms with Gasteiger partial charge in [0.05, 0.1) is 35.2 Å². The molecule has 10 heteroatoms. The molecule has 1 unspecified atom stereocenters. The number of para-hydroxylation sites is 2. The molecule has 1 fully saturated rings. The Balaban J connectivity index is 1.75. The number of nitro benzene ring substituents is 1. The van der Waals surface area contributed by atoms with Gasteiger partial charge in [-0.2, -0.15) is 4.31 Å². The summed E-state index contributed by atoms with van der Waals surface area (Å²) in [6, 6.07) is 10.6. The maximum atomic E-state index is 13.3. The molecule has 0 radical (unpaired) electrons. The van der Waals surface area contributed by atoms with Crippen molar-refractivity contribution in [3.05, 3.63) is 58.4 Å². The molecule has 2 heterocycles. The zero-order valence-corrected chi connectivity index (χ0v) is 15.8. The minimum absolute atomic E-state index is 0.0514. The van der Waals surface area contributed by atoms with Crippen LogP contribution in [0.3, 0.4) is 0 Å². The Kier molecular flexibility index (Phi) is 4.52. The summed E-state index contributed by atoms with van der Waals surface area (Å²) in [4.78, 5) is 18.1. The Bertz CT molecular complexity index is 1120. The lowest BCUT2D eigenvalue weighted by Gasteiger charge is -2.23. The van der Waals surface area contributed by atoms with Crippen LogP contribution in [0.5, 0.6) is 5.75 Å². The number of hydrogen-bond acceptors (Lipinski definition) is 6. The molecular formula is C18H18N4O5S. The zero-order valence-electron chi connectivity index (χ0n) is 15.0. The van der Waals surface area contributed by atoms with Crippen LogP contribution >= 0.6 is 0 Å². The number of nitro groups is 1. The van der Waals surface area contributed by atoms with Gasteiger partial charge in [-0.3, -0.25) is 10.1 Å². The van der Waals surface area contributed by atoms with Crippen molar-refractivity contribution in [1.82, 2.24) is 14.3 Å². The number of imidazole rings is 1. The molecule has 28 heavy (non-hydrogen) atoms. The van der Waals surface area contributed by atoms with Crippen molar-refractivity contribution >= 4 is 26.7 Å². The lowest BCUT2D eigenvalue weighted by atomic mass is 10.2. The first-order chi connectivity index (χ1) is 13.4. The highest BCUT2D eigenvalue weighted by Crippen LogP contribution is 2.39. The van der Waals surface area contributed by atoms with Crippen molar-refractivity contribution in [2.24, 2.45) is 0 Å². The van der Waals surface area contributed by atoms with Crippen LogP contribution in [-0.2, 0) is 10.0 Å². The molecule has 1 atom stereocenters. The number of nitrogens with zero attached hydrogens (tertiary/aromatic N) is 3. The first-order valence-electron chi connectivity index (χ1n) is 8.71. The van der Waals surface area contributed by atoms with Crippen LogP contribution in [0.2, 0.25) is 0 Å². The molecule has 0 bridgehead atoms. The molecule has 1 aliphatic rings. The first-order valence-corrected chi connectivity index (χ1v) is 10.1. The fraction of sp³-hybridized carbons (Fsp3) is 0.278. The number of non-ortho nitro benzene ring substituents is 1. The number of hydrogen-bond donors (Lipinski definition) is 1. The summed E-state index contributed by atoms with van der Waals surface area (Å²) in [5, 5.41) is 11.0. The lowest BCUT2D eigenvalue weighted by molar-refractivity contribution is -0.385. The van der Waals surface area contributed by atoms with Crippen molar-refractivity contribution in [1.29, 1.82) is 0 Å². The highest BCUT2D eigenvalue weighted by atomic mass is 32.2. The van der Waals surface area contributed by atoms with E-state index in [1.54, 1.807) is 0 Å². The lowest BCUT2D eigenvalue weighted by Crippen LogP contribution is -2.31. The van der Waals surface area contributed by atoms with Gasteiger partial charge < -0.3 is 9.72 Å². The Morgan fingerprint density at radius 3 is 2.79 bits per heavy atom. The predicted octanol–water partition coefficient (Wildman–Crippen LogP) is 3.01. The third kappa shape index (κ3) is 3.00. The molecule has 2 aromatic carbocycles. The second-order valence-electron chi connectivity index (χ2n) is 6.51. The van der Waals surface area contributed by atoms with Gasteiger partial charge in [0.1, 0.15) is 16.5 Å². The normalized spacial score (nSPS) is 17.8. The van der Waals surface area contributed by atoms with E-state index in [1.165, 1.54) is 23.5 Å². The number of fused-ring (bicyclic) bond motifs is 1. The second-order valence-corrected chi connectivity index (χ2v) is 8.36. The average molecular weight is 402 g/mol. The first kappa shape index (κ1) is 18.4.